The van der Waals surface area contributed by atoms with Crippen LogP contribution in [0.2, 0.25) is 5.02 Å². The van der Waals surface area contributed by atoms with Gasteiger partial charge in [0.15, 0.2) is 5.65 Å². The Kier molecular flexibility index (Phi) is 2.78. The zero-order valence-electron chi connectivity index (χ0n) is 8.64. The van der Waals surface area contributed by atoms with Crippen molar-refractivity contribution in [1.29, 1.82) is 0 Å². The van der Waals surface area contributed by atoms with Gasteiger partial charge < -0.3 is 5.11 Å². The van der Waals surface area contributed by atoms with Crippen LogP contribution >= 0.6 is 11.6 Å². The van der Waals surface area contributed by atoms with Crippen LogP contribution in [0, 0.1) is 6.92 Å². The van der Waals surface area contributed by atoms with E-state index >= 15 is 0 Å². The molecule has 0 saturated carbocycles. The normalized spacial score (nSPS) is 10.9. The molecule has 0 unspecified atom stereocenters. The van der Waals surface area contributed by atoms with E-state index in [0.29, 0.717) is 22.8 Å². The lowest BCUT2D eigenvalue weighted by Crippen LogP contribution is -1.98. The summed E-state index contributed by atoms with van der Waals surface area (Å²) in [6.45, 7) is 1.90. The number of halogens is 1. The zero-order chi connectivity index (χ0) is 11.7. The summed E-state index contributed by atoms with van der Waals surface area (Å²) in [5.74, 6) is -0.864. The number of carbonyl (C=O) groups is 1. The Morgan fingerprint density at radius 3 is 3.06 bits per heavy atom. The van der Waals surface area contributed by atoms with E-state index in [2.05, 4.69) is 10.1 Å². The second-order valence-electron chi connectivity index (χ2n) is 3.55. The molecule has 0 aliphatic heterocycles. The number of hydrogen-bond acceptors (Lipinski definition) is 3. The maximum Gasteiger partial charge on any atom is 0.303 e. The smallest absolute Gasteiger partial charge is 0.303 e. The van der Waals surface area contributed by atoms with Gasteiger partial charge in [0.1, 0.15) is 5.02 Å². The molecule has 0 spiro atoms. The first kappa shape index (κ1) is 10.9. The van der Waals surface area contributed by atoms with Gasteiger partial charge in [-0.3, -0.25) is 4.79 Å². The van der Waals surface area contributed by atoms with E-state index in [1.165, 1.54) is 0 Å². The van der Waals surface area contributed by atoms with Crippen molar-refractivity contribution in [3.63, 3.8) is 0 Å². The van der Waals surface area contributed by atoms with Crippen LogP contribution < -0.4 is 0 Å². The maximum atomic E-state index is 10.5. The zero-order valence-corrected chi connectivity index (χ0v) is 9.40. The molecule has 0 aliphatic carbocycles. The van der Waals surface area contributed by atoms with Crippen molar-refractivity contribution in [3.05, 3.63) is 28.7 Å². The van der Waals surface area contributed by atoms with Gasteiger partial charge in [-0.05, 0) is 12.5 Å². The SMILES string of the molecule is Cc1cnc2c(Cl)c(CCC(=O)O)nn2c1. The quantitative estimate of drug-likeness (QED) is 0.885. The number of carboxylic acids is 1. The predicted octanol–water partition coefficient (Wildman–Crippen LogP) is 1.71. The molecule has 0 saturated heterocycles. The van der Waals surface area contributed by atoms with Gasteiger partial charge in [-0.25, -0.2) is 9.50 Å². The Bertz CT molecular complexity index is 550. The van der Waals surface area contributed by atoms with Crippen LogP contribution in [0.1, 0.15) is 17.7 Å². The molecule has 0 bridgehead atoms. The highest BCUT2D eigenvalue weighted by Crippen LogP contribution is 2.21. The number of aryl methyl sites for hydroxylation is 2. The molecule has 2 heterocycles. The van der Waals surface area contributed by atoms with Crippen LogP contribution in [0.5, 0.6) is 0 Å². The third kappa shape index (κ3) is 1.99. The second-order valence-corrected chi connectivity index (χ2v) is 3.93. The predicted molar refractivity (Wildman–Crippen MR) is 58.7 cm³/mol. The molecule has 0 fully saturated rings. The van der Waals surface area contributed by atoms with Crippen LogP contribution in [0.3, 0.4) is 0 Å². The van der Waals surface area contributed by atoms with Gasteiger partial charge >= 0.3 is 5.97 Å². The van der Waals surface area contributed by atoms with Crippen LogP contribution in [0.15, 0.2) is 12.4 Å². The first-order valence-electron chi connectivity index (χ1n) is 4.79. The average Bonchev–Trinajstić information content (AvgIpc) is 2.52. The molecule has 2 aromatic rings. The Balaban J connectivity index is 2.39. The molecule has 2 aromatic heterocycles. The molecule has 2 rings (SSSR count). The number of nitrogens with zero attached hydrogens (tertiary/aromatic N) is 3. The summed E-state index contributed by atoms with van der Waals surface area (Å²) < 4.78 is 1.58. The fraction of sp³-hybridized carbons (Fsp3) is 0.300. The van der Waals surface area contributed by atoms with Crippen molar-refractivity contribution in [2.45, 2.75) is 19.8 Å². The van der Waals surface area contributed by atoms with E-state index in [-0.39, 0.29) is 6.42 Å². The fourth-order valence-electron chi connectivity index (χ4n) is 1.43. The molecule has 0 radical (unpaired) electrons. The van der Waals surface area contributed by atoms with Gasteiger partial charge in [0, 0.05) is 18.8 Å². The number of carboxylic acid groups (broad SMARTS) is 1. The number of aliphatic carboxylic acids is 1. The van der Waals surface area contributed by atoms with Gasteiger partial charge in [0.05, 0.1) is 12.1 Å². The van der Waals surface area contributed by atoms with Gasteiger partial charge in [0.25, 0.3) is 0 Å². The van der Waals surface area contributed by atoms with Gasteiger partial charge in [-0.15, -0.1) is 0 Å². The van der Waals surface area contributed by atoms with Crippen LogP contribution in [-0.2, 0) is 11.2 Å². The molecule has 16 heavy (non-hydrogen) atoms. The van der Waals surface area contributed by atoms with Crippen LogP contribution in [-0.4, -0.2) is 25.7 Å². The number of rotatable bonds is 3. The van der Waals surface area contributed by atoms with Crippen molar-refractivity contribution < 1.29 is 9.90 Å². The minimum Gasteiger partial charge on any atom is -0.481 e. The highest BCUT2D eigenvalue weighted by Gasteiger charge is 2.12. The van der Waals surface area contributed by atoms with Crippen molar-refractivity contribution >= 4 is 23.2 Å². The van der Waals surface area contributed by atoms with E-state index < -0.39 is 5.97 Å². The van der Waals surface area contributed by atoms with Gasteiger partial charge in [-0.2, -0.15) is 5.10 Å². The molecular formula is C10H10ClN3O2. The molecular weight excluding hydrogens is 230 g/mol. The third-order valence-corrected chi connectivity index (χ3v) is 2.57. The van der Waals surface area contributed by atoms with E-state index in [1.54, 1.807) is 16.9 Å². The summed E-state index contributed by atoms with van der Waals surface area (Å²) in [4.78, 5) is 14.6. The summed E-state index contributed by atoms with van der Waals surface area (Å²) in [5, 5.41) is 13.2. The molecule has 6 heteroatoms. The number of aromatic nitrogens is 3. The maximum absolute atomic E-state index is 10.5. The average molecular weight is 240 g/mol. The standard InChI is InChI=1S/C10H10ClN3O2/c1-6-4-12-10-9(11)7(2-3-8(15)16)13-14(10)5-6/h4-5H,2-3H2,1H3,(H,15,16). The monoisotopic (exact) mass is 239 g/mol. The molecule has 84 valence electrons. The Labute approximate surface area is 96.7 Å². The van der Waals surface area contributed by atoms with Crippen molar-refractivity contribution in [1.82, 2.24) is 14.6 Å². The Morgan fingerprint density at radius 2 is 2.38 bits per heavy atom. The van der Waals surface area contributed by atoms with E-state index in [1.807, 2.05) is 6.92 Å². The molecule has 0 amide bonds. The summed E-state index contributed by atoms with van der Waals surface area (Å²) in [6.07, 6.45) is 3.83. The topological polar surface area (TPSA) is 67.5 Å². The highest BCUT2D eigenvalue weighted by molar-refractivity contribution is 6.34. The summed E-state index contributed by atoms with van der Waals surface area (Å²) >= 11 is 6.05. The first-order chi connectivity index (χ1) is 7.58. The molecule has 0 aromatic carbocycles. The minimum absolute atomic E-state index is 0.0165. The second kappa shape index (κ2) is 4.09. The molecule has 1 N–H and O–H groups in total. The largest absolute Gasteiger partial charge is 0.481 e. The lowest BCUT2D eigenvalue weighted by molar-refractivity contribution is -0.136. The molecule has 0 atom stereocenters. The third-order valence-electron chi connectivity index (χ3n) is 2.19. The summed E-state index contributed by atoms with van der Waals surface area (Å²) in [7, 11) is 0. The lowest BCUT2D eigenvalue weighted by Gasteiger charge is -1.92. The van der Waals surface area contributed by atoms with Crippen molar-refractivity contribution in [2.75, 3.05) is 0 Å². The van der Waals surface area contributed by atoms with Gasteiger partial charge in [-0.1, -0.05) is 11.6 Å². The summed E-state index contributed by atoms with van der Waals surface area (Å²) in [5.41, 5.74) is 2.10. The van der Waals surface area contributed by atoms with Crippen molar-refractivity contribution in [2.24, 2.45) is 0 Å². The Morgan fingerprint density at radius 1 is 1.62 bits per heavy atom. The fourth-order valence-corrected chi connectivity index (χ4v) is 1.70. The van der Waals surface area contributed by atoms with Gasteiger partial charge in [0.2, 0.25) is 0 Å². The van der Waals surface area contributed by atoms with E-state index in [0.717, 1.165) is 5.56 Å². The van der Waals surface area contributed by atoms with Crippen LogP contribution in [0.25, 0.3) is 5.65 Å². The molecule has 5 nitrogen and oxygen atoms in total. The lowest BCUT2D eigenvalue weighted by atomic mass is 10.2. The Hall–Kier alpha value is -1.62. The van der Waals surface area contributed by atoms with Crippen molar-refractivity contribution in [3.8, 4) is 0 Å². The van der Waals surface area contributed by atoms with E-state index in [4.69, 9.17) is 16.7 Å². The van der Waals surface area contributed by atoms with E-state index in [9.17, 15) is 4.79 Å². The minimum atomic E-state index is -0.864. The number of fused-ring (bicyclic) bond motifs is 1. The summed E-state index contributed by atoms with van der Waals surface area (Å²) in [6, 6.07) is 0. The number of hydrogen-bond donors (Lipinski definition) is 1. The highest BCUT2D eigenvalue weighted by atomic mass is 35.5. The van der Waals surface area contributed by atoms with Crippen LogP contribution in [0.4, 0.5) is 0 Å². The first-order valence-corrected chi connectivity index (χ1v) is 5.17. The molecule has 0 aliphatic rings.